The van der Waals surface area contributed by atoms with E-state index in [1.807, 2.05) is 54.7 Å². The summed E-state index contributed by atoms with van der Waals surface area (Å²) in [5, 5.41) is 10.9. The fourth-order valence-electron chi connectivity index (χ4n) is 6.27. The smallest absolute Gasteiger partial charge is 0.149 e. The average Bonchev–Trinajstić information content (AvgIpc) is 3.53. The van der Waals surface area contributed by atoms with Gasteiger partial charge in [-0.15, -0.1) is 0 Å². The van der Waals surface area contributed by atoms with Crippen LogP contribution in [0.15, 0.2) is 170 Å². The van der Waals surface area contributed by atoms with Crippen molar-refractivity contribution in [1.29, 1.82) is 0 Å². The van der Waals surface area contributed by atoms with Gasteiger partial charge in [0.25, 0.3) is 0 Å². The highest BCUT2D eigenvalue weighted by atomic mass is 16.3. The summed E-state index contributed by atoms with van der Waals surface area (Å²) in [7, 11) is 0. The van der Waals surface area contributed by atoms with Gasteiger partial charge in [0.15, 0.2) is 0 Å². The van der Waals surface area contributed by atoms with Crippen LogP contribution in [0.4, 0.5) is 0 Å². The maximum atomic E-state index is 10.9. The number of fused-ring (bicyclic) bond motifs is 1. The molecule has 0 spiro atoms. The molecule has 6 aromatic carbocycles. The number of rotatable bonds is 7. The Morgan fingerprint density at radius 1 is 0.511 bits per heavy atom. The normalized spacial score (nSPS) is 11.1. The number of imidazole rings is 1. The molecule has 0 unspecified atom stereocenters. The minimum absolute atomic E-state index is 0.191. The van der Waals surface area contributed by atoms with Gasteiger partial charge in [0.05, 0.1) is 22.3 Å². The van der Waals surface area contributed by atoms with E-state index in [1.54, 1.807) is 6.07 Å². The number of benzene rings is 6. The first-order chi connectivity index (χ1) is 23.2. The first-order valence-corrected chi connectivity index (χ1v) is 15.8. The lowest BCUT2D eigenvalue weighted by Gasteiger charge is -2.12. The number of nitrogens with zero attached hydrogens (tertiary/aromatic N) is 3. The number of phenols is 1. The molecule has 8 aromatic rings. The van der Waals surface area contributed by atoms with Gasteiger partial charge in [0.2, 0.25) is 0 Å². The number of hydrogen-bond acceptors (Lipinski definition) is 3. The maximum Gasteiger partial charge on any atom is 0.149 e. The van der Waals surface area contributed by atoms with Crippen molar-refractivity contribution < 1.29 is 5.11 Å². The number of phenolic OH excluding ortho intramolecular Hbond substituents is 1. The second-order valence-electron chi connectivity index (χ2n) is 11.7. The lowest BCUT2D eigenvalue weighted by Crippen LogP contribution is -1.97. The van der Waals surface area contributed by atoms with E-state index in [4.69, 9.17) is 9.97 Å². The summed E-state index contributed by atoms with van der Waals surface area (Å²) in [6.07, 6.45) is 2.83. The van der Waals surface area contributed by atoms with Crippen LogP contribution >= 0.6 is 0 Å². The fraction of sp³-hybridized carbons (Fsp3) is 0.0233. The van der Waals surface area contributed by atoms with E-state index in [2.05, 4.69) is 114 Å². The molecular formula is C43H31N3O. The van der Waals surface area contributed by atoms with Crippen LogP contribution < -0.4 is 0 Å². The molecule has 224 valence electrons. The molecule has 0 saturated heterocycles. The Balaban J connectivity index is 1.30. The summed E-state index contributed by atoms with van der Waals surface area (Å²) in [6.45, 7) is 0. The molecule has 0 fully saturated rings. The van der Waals surface area contributed by atoms with Crippen molar-refractivity contribution in [3.63, 3.8) is 0 Å². The highest BCUT2D eigenvalue weighted by Crippen LogP contribution is 2.39. The molecule has 0 aliphatic heterocycles. The fourth-order valence-corrected chi connectivity index (χ4v) is 6.27. The Labute approximate surface area is 273 Å². The Morgan fingerprint density at radius 3 is 1.91 bits per heavy atom. The van der Waals surface area contributed by atoms with E-state index < -0.39 is 0 Å². The lowest BCUT2D eigenvalue weighted by molar-refractivity contribution is 0.477. The molecule has 0 atom stereocenters. The standard InChI is InChI=1S/C43H31N3O/c47-41-22-11-10-19-38(41)43-45-42-37(20-12-21-40(42)46(43)36-17-8-3-9-18-36)34-26-33(32-15-6-2-7-16-32)27-35(28-34)39-24-23-31(29-44-39)25-30-13-4-1-5-14-30/h1-24,26-29,47H,25H2. The van der Waals surface area contributed by atoms with E-state index >= 15 is 0 Å². The van der Waals surface area contributed by atoms with Crippen LogP contribution in [0.2, 0.25) is 0 Å². The van der Waals surface area contributed by atoms with Crippen molar-refractivity contribution in [2.24, 2.45) is 0 Å². The summed E-state index contributed by atoms with van der Waals surface area (Å²) in [6, 6.07) is 55.8. The number of para-hydroxylation sites is 3. The molecule has 1 N–H and O–H groups in total. The van der Waals surface area contributed by atoms with Crippen LogP contribution in [0.1, 0.15) is 11.1 Å². The summed E-state index contributed by atoms with van der Waals surface area (Å²) in [5.41, 5.74) is 12.2. The van der Waals surface area contributed by atoms with Crippen molar-refractivity contribution in [3.8, 4) is 56.3 Å². The maximum absolute atomic E-state index is 10.9. The summed E-state index contributed by atoms with van der Waals surface area (Å²) < 4.78 is 2.13. The van der Waals surface area contributed by atoms with Crippen molar-refractivity contribution >= 4 is 11.0 Å². The molecule has 2 heterocycles. The number of aromatic nitrogens is 3. The van der Waals surface area contributed by atoms with Crippen LogP contribution in [0.5, 0.6) is 5.75 Å². The molecule has 2 aromatic heterocycles. The van der Waals surface area contributed by atoms with Gasteiger partial charge in [-0.3, -0.25) is 9.55 Å². The summed E-state index contributed by atoms with van der Waals surface area (Å²) in [5.74, 6) is 0.878. The summed E-state index contributed by atoms with van der Waals surface area (Å²) >= 11 is 0. The second kappa shape index (κ2) is 12.3. The van der Waals surface area contributed by atoms with Crippen molar-refractivity contribution in [2.45, 2.75) is 6.42 Å². The minimum atomic E-state index is 0.191. The third kappa shape index (κ3) is 5.58. The molecule has 8 rings (SSSR count). The number of aromatic hydroxyl groups is 1. The third-order valence-corrected chi connectivity index (χ3v) is 8.57. The van der Waals surface area contributed by atoms with E-state index in [0.29, 0.717) is 11.4 Å². The molecule has 4 nitrogen and oxygen atoms in total. The van der Waals surface area contributed by atoms with Gasteiger partial charge in [0, 0.05) is 23.0 Å². The Kier molecular flexibility index (Phi) is 7.37. The molecule has 0 aliphatic carbocycles. The molecule has 0 bridgehead atoms. The van der Waals surface area contributed by atoms with Crippen LogP contribution in [0, 0.1) is 0 Å². The van der Waals surface area contributed by atoms with Gasteiger partial charge in [0.1, 0.15) is 11.6 Å². The predicted molar refractivity (Wildman–Crippen MR) is 192 cm³/mol. The first kappa shape index (κ1) is 28.2. The molecule has 0 amide bonds. The van der Waals surface area contributed by atoms with Crippen molar-refractivity contribution in [3.05, 3.63) is 181 Å². The Morgan fingerprint density at radius 2 is 1.17 bits per heavy atom. The predicted octanol–water partition coefficient (Wildman–Crippen LogP) is 10.4. The molecule has 0 radical (unpaired) electrons. The molecule has 0 aliphatic rings. The Hall–Kier alpha value is -6.26. The van der Waals surface area contributed by atoms with Crippen molar-refractivity contribution in [2.75, 3.05) is 0 Å². The quantitative estimate of drug-likeness (QED) is 0.197. The average molecular weight is 606 g/mol. The second-order valence-corrected chi connectivity index (χ2v) is 11.7. The highest BCUT2D eigenvalue weighted by Gasteiger charge is 2.20. The van der Waals surface area contributed by atoms with Crippen molar-refractivity contribution in [1.82, 2.24) is 14.5 Å². The van der Waals surface area contributed by atoms with E-state index in [-0.39, 0.29) is 5.75 Å². The van der Waals surface area contributed by atoms with Gasteiger partial charge in [-0.25, -0.2) is 4.98 Å². The third-order valence-electron chi connectivity index (χ3n) is 8.57. The highest BCUT2D eigenvalue weighted by molar-refractivity contribution is 5.97. The van der Waals surface area contributed by atoms with Crippen LogP contribution in [0.25, 0.3) is 61.6 Å². The minimum Gasteiger partial charge on any atom is -0.507 e. The molecular weight excluding hydrogens is 574 g/mol. The van der Waals surface area contributed by atoms with E-state index in [9.17, 15) is 5.11 Å². The summed E-state index contributed by atoms with van der Waals surface area (Å²) in [4.78, 5) is 10.2. The zero-order valence-corrected chi connectivity index (χ0v) is 25.7. The largest absolute Gasteiger partial charge is 0.507 e. The van der Waals surface area contributed by atoms with Gasteiger partial charge < -0.3 is 5.11 Å². The topological polar surface area (TPSA) is 50.9 Å². The Bertz CT molecular complexity index is 2310. The zero-order valence-electron chi connectivity index (χ0n) is 25.7. The first-order valence-electron chi connectivity index (χ1n) is 15.8. The van der Waals surface area contributed by atoms with Gasteiger partial charge >= 0.3 is 0 Å². The lowest BCUT2D eigenvalue weighted by atomic mass is 9.94. The van der Waals surface area contributed by atoms with Gasteiger partial charge in [-0.1, -0.05) is 109 Å². The number of pyridine rings is 1. The van der Waals surface area contributed by atoms with E-state index in [0.717, 1.165) is 56.7 Å². The van der Waals surface area contributed by atoms with Gasteiger partial charge in [-0.05, 0) is 88.8 Å². The van der Waals surface area contributed by atoms with Crippen LogP contribution in [-0.2, 0) is 6.42 Å². The van der Waals surface area contributed by atoms with Crippen LogP contribution in [0.3, 0.4) is 0 Å². The van der Waals surface area contributed by atoms with E-state index in [1.165, 1.54) is 11.1 Å². The SMILES string of the molecule is Oc1ccccc1-c1nc2c(-c3cc(-c4ccccc4)cc(-c4ccc(Cc5ccccc5)cn4)c3)cccc2n1-c1ccccc1. The molecule has 4 heteroatoms. The van der Waals surface area contributed by atoms with Gasteiger partial charge in [-0.2, -0.15) is 0 Å². The molecule has 47 heavy (non-hydrogen) atoms. The number of hydrogen-bond donors (Lipinski definition) is 1. The monoisotopic (exact) mass is 605 g/mol. The zero-order chi connectivity index (χ0) is 31.6. The molecule has 0 saturated carbocycles. The van der Waals surface area contributed by atoms with Crippen LogP contribution in [-0.4, -0.2) is 19.6 Å².